The third-order valence-electron chi connectivity index (χ3n) is 4.95. The number of piperidine rings is 1. The minimum absolute atomic E-state index is 0.188. The Morgan fingerprint density at radius 1 is 1.25 bits per heavy atom. The average molecular weight is 351 g/mol. The Labute approximate surface area is 144 Å². The van der Waals surface area contributed by atoms with Crippen molar-refractivity contribution in [1.82, 2.24) is 13.5 Å². The van der Waals surface area contributed by atoms with Gasteiger partial charge in [0.05, 0.1) is 7.11 Å². The lowest BCUT2D eigenvalue weighted by molar-refractivity contribution is 0.241. The van der Waals surface area contributed by atoms with Crippen LogP contribution < -0.4 is 4.74 Å². The molecule has 1 fully saturated rings. The van der Waals surface area contributed by atoms with Crippen molar-refractivity contribution in [2.75, 3.05) is 27.2 Å². The summed E-state index contributed by atoms with van der Waals surface area (Å²) in [4.78, 5) is 1.89. The summed E-state index contributed by atoms with van der Waals surface area (Å²) in [6.07, 6.45) is 5.11. The van der Waals surface area contributed by atoms with Crippen LogP contribution >= 0.6 is 0 Å². The SMILES string of the molecule is COc1cccc(C2CCCN(S(=O)(=O)N3C=CN(C)[C@@H]3C)C2)c1. The fourth-order valence-corrected chi connectivity index (χ4v) is 5.06. The Morgan fingerprint density at radius 2 is 2.04 bits per heavy atom. The van der Waals surface area contributed by atoms with Gasteiger partial charge in [0.2, 0.25) is 0 Å². The molecule has 132 valence electrons. The Kier molecular flexibility index (Phi) is 4.73. The van der Waals surface area contributed by atoms with Gasteiger partial charge in [-0.25, -0.2) is 4.31 Å². The number of ether oxygens (including phenoxy) is 1. The fraction of sp³-hybridized carbons (Fsp3) is 0.529. The first kappa shape index (κ1) is 17.1. The van der Waals surface area contributed by atoms with E-state index in [4.69, 9.17) is 4.74 Å². The van der Waals surface area contributed by atoms with E-state index in [0.717, 1.165) is 24.2 Å². The van der Waals surface area contributed by atoms with Gasteiger partial charge in [-0.2, -0.15) is 12.7 Å². The summed E-state index contributed by atoms with van der Waals surface area (Å²) in [5, 5.41) is 0. The van der Waals surface area contributed by atoms with Gasteiger partial charge in [-0.1, -0.05) is 12.1 Å². The van der Waals surface area contributed by atoms with Crippen molar-refractivity contribution in [3.63, 3.8) is 0 Å². The van der Waals surface area contributed by atoms with E-state index >= 15 is 0 Å². The Bertz CT molecular complexity index is 720. The van der Waals surface area contributed by atoms with Crippen molar-refractivity contribution in [2.24, 2.45) is 0 Å². The van der Waals surface area contributed by atoms with Crippen LogP contribution in [0.4, 0.5) is 0 Å². The van der Waals surface area contributed by atoms with Gasteiger partial charge in [0.25, 0.3) is 0 Å². The van der Waals surface area contributed by atoms with E-state index in [2.05, 4.69) is 6.07 Å². The van der Waals surface area contributed by atoms with Crippen molar-refractivity contribution in [2.45, 2.75) is 31.8 Å². The smallest absolute Gasteiger partial charge is 0.305 e. The highest BCUT2D eigenvalue weighted by atomic mass is 32.2. The number of nitrogens with zero attached hydrogens (tertiary/aromatic N) is 3. The van der Waals surface area contributed by atoms with Gasteiger partial charge in [-0.05, 0) is 43.4 Å². The fourth-order valence-electron chi connectivity index (χ4n) is 3.32. The second-order valence-electron chi connectivity index (χ2n) is 6.41. The molecule has 6 nitrogen and oxygen atoms in total. The summed E-state index contributed by atoms with van der Waals surface area (Å²) < 4.78 is 34.3. The summed E-state index contributed by atoms with van der Waals surface area (Å²) in [5.41, 5.74) is 1.14. The number of hydrogen-bond acceptors (Lipinski definition) is 4. The minimum atomic E-state index is -3.49. The molecule has 0 radical (unpaired) electrons. The van der Waals surface area contributed by atoms with Crippen molar-refractivity contribution in [1.29, 1.82) is 0 Å². The van der Waals surface area contributed by atoms with E-state index in [1.165, 1.54) is 4.31 Å². The van der Waals surface area contributed by atoms with Crippen LogP contribution in [0.2, 0.25) is 0 Å². The van der Waals surface area contributed by atoms with Gasteiger partial charge in [0, 0.05) is 32.5 Å². The summed E-state index contributed by atoms with van der Waals surface area (Å²) in [6.45, 7) is 2.97. The molecule has 2 aliphatic heterocycles. The van der Waals surface area contributed by atoms with Gasteiger partial charge in [-0.15, -0.1) is 0 Å². The Morgan fingerprint density at radius 3 is 2.71 bits per heavy atom. The first-order valence-corrected chi connectivity index (χ1v) is 9.66. The van der Waals surface area contributed by atoms with Gasteiger partial charge >= 0.3 is 10.2 Å². The maximum Gasteiger partial charge on any atom is 0.305 e. The van der Waals surface area contributed by atoms with Crippen LogP contribution in [0, 0.1) is 0 Å². The predicted molar refractivity (Wildman–Crippen MR) is 93.7 cm³/mol. The molecule has 0 N–H and O–H groups in total. The number of rotatable bonds is 4. The van der Waals surface area contributed by atoms with Crippen molar-refractivity contribution in [3.05, 3.63) is 42.2 Å². The molecule has 0 saturated carbocycles. The molecular weight excluding hydrogens is 326 g/mol. The molecule has 0 amide bonds. The molecule has 3 rings (SSSR count). The molecule has 1 aromatic rings. The minimum Gasteiger partial charge on any atom is -0.497 e. The largest absolute Gasteiger partial charge is 0.497 e. The average Bonchev–Trinajstić information content (AvgIpc) is 2.95. The summed E-state index contributed by atoms with van der Waals surface area (Å²) in [7, 11) is 0.0345. The van der Waals surface area contributed by atoms with E-state index in [1.54, 1.807) is 23.8 Å². The number of hydrogen-bond donors (Lipinski definition) is 0. The van der Waals surface area contributed by atoms with Crippen LogP contribution in [0.3, 0.4) is 0 Å². The Hall–Kier alpha value is -1.73. The van der Waals surface area contributed by atoms with Crippen LogP contribution in [-0.2, 0) is 10.2 Å². The zero-order valence-corrected chi connectivity index (χ0v) is 15.2. The normalized spacial score (nSPS) is 25.3. The maximum absolute atomic E-state index is 13.0. The van der Waals surface area contributed by atoms with Gasteiger partial charge in [0.1, 0.15) is 11.9 Å². The summed E-state index contributed by atoms with van der Waals surface area (Å²) in [6, 6.07) is 7.93. The lowest BCUT2D eigenvalue weighted by Gasteiger charge is -2.36. The maximum atomic E-state index is 13.0. The highest BCUT2D eigenvalue weighted by Gasteiger charge is 2.37. The zero-order valence-electron chi connectivity index (χ0n) is 14.4. The van der Waals surface area contributed by atoms with E-state index < -0.39 is 10.2 Å². The third-order valence-corrected chi connectivity index (χ3v) is 6.89. The van der Waals surface area contributed by atoms with E-state index in [1.807, 2.05) is 37.1 Å². The molecule has 0 aliphatic carbocycles. The summed E-state index contributed by atoms with van der Waals surface area (Å²) in [5.74, 6) is 1.01. The first-order chi connectivity index (χ1) is 11.4. The second-order valence-corrected chi connectivity index (χ2v) is 8.24. The van der Waals surface area contributed by atoms with Crippen molar-refractivity contribution < 1.29 is 13.2 Å². The topological polar surface area (TPSA) is 53.1 Å². The second kappa shape index (κ2) is 6.64. The molecule has 1 saturated heterocycles. The Balaban J connectivity index is 1.79. The lowest BCUT2D eigenvalue weighted by Crippen LogP contribution is -2.49. The molecule has 0 bridgehead atoms. The molecular formula is C17H25N3O3S. The van der Waals surface area contributed by atoms with Crippen molar-refractivity contribution in [3.8, 4) is 5.75 Å². The standard InChI is InChI=1S/C17H25N3O3S/c1-14-18(2)10-11-20(14)24(21,22)19-9-5-7-16(13-19)15-6-4-8-17(12-15)23-3/h4,6,8,10-12,14,16H,5,7,9,13H2,1-3H3/t14-,16?/m0/s1. The van der Waals surface area contributed by atoms with E-state index in [9.17, 15) is 8.42 Å². The number of benzene rings is 1. The van der Waals surface area contributed by atoms with Crippen LogP contribution in [-0.4, -0.2) is 55.3 Å². The molecule has 2 aliphatic rings. The molecule has 0 aromatic heterocycles. The van der Waals surface area contributed by atoms with E-state index in [-0.39, 0.29) is 12.1 Å². The quantitative estimate of drug-likeness (QED) is 0.834. The van der Waals surface area contributed by atoms with Crippen LogP contribution in [0.15, 0.2) is 36.7 Å². The molecule has 1 aromatic carbocycles. The first-order valence-electron chi connectivity index (χ1n) is 8.26. The highest BCUT2D eigenvalue weighted by molar-refractivity contribution is 7.86. The van der Waals surface area contributed by atoms with E-state index in [0.29, 0.717) is 13.1 Å². The number of methoxy groups -OCH3 is 1. The van der Waals surface area contributed by atoms with Gasteiger partial charge in [-0.3, -0.25) is 0 Å². The van der Waals surface area contributed by atoms with Crippen LogP contribution in [0.5, 0.6) is 5.75 Å². The predicted octanol–water partition coefficient (Wildman–Crippen LogP) is 2.18. The van der Waals surface area contributed by atoms with Gasteiger partial charge in [0.15, 0.2) is 0 Å². The highest BCUT2D eigenvalue weighted by Crippen LogP contribution is 2.32. The molecule has 2 atom stereocenters. The van der Waals surface area contributed by atoms with Crippen LogP contribution in [0.25, 0.3) is 0 Å². The molecule has 1 unspecified atom stereocenters. The molecule has 2 heterocycles. The van der Waals surface area contributed by atoms with Crippen molar-refractivity contribution >= 4 is 10.2 Å². The molecule has 7 heteroatoms. The monoisotopic (exact) mass is 351 g/mol. The zero-order chi connectivity index (χ0) is 17.3. The van der Waals surface area contributed by atoms with Crippen LogP contribution in [0.1, 0.15) is 31.2 Å². The molecule has 24 heavy (non-hydrogen) atoms. The third kappa shape index (κ3) is 3.10. The van der Waals surface area contributed by atoms with Gasteiger partial charge < -0.3 is 9.64 Å². The summed E-state index contributed by atoms with van der Waals surface area (Å²) >= 11 is 0. The molecule has 0 spiro atoms. The lowest BCUT2D eigenvalue weighted by atomic mass is 9.91.